The summed E-state index contributed by atoms with van der Waals surface area (Å²) in [6, 6.07) is 5.69. The van der Waals surface area contributed by atoms with Gasteiger partial charge in [0.05, 0.1) is 13.7 Å². The molecule has 0 spiro atoms. The van der Waals surface area contributed by atoms with Crippen LogP contribution in [0.3, 0.4) is 0 Å². The number of Topliss-reactive ketones (excluding diaryl/α,β-unsaturated/α-hetero) is 1. The molecule has 2 N–H and O–H groups in total. The minimum atomic E-state index is -0.00641. The molecule has 0 unspecified atom stereocenters. The normalized spacial score (nSPS) is 23.1. The Bertz CT molecular complexity index is 448. The molecule has 1 aromatic carbocycles. The number of benzene rings is 1. The van der Waals surface area contributed by atoms with Crippen LogP contribution in [0.5, 0.6) is 5.75 Å². The van der Waals surface area contributed by atoms with Gasteiger partial charge in [-0.15, -0.1) is 0 Å². The number of carbonyl (C=O) groups is 1. The molecule has 1 fully saturated rings. The van der Waals surface area contributed by atoms with E-state index in [1.807, 2.05) is 18.2 Å². The van der Waals surface area contributed by atoms with E-state index >= 15 is 0 Å². The van der Waals surface area contributed by atoms with Gasteiger partial charge in [-0.1, -0.05) is 19.8 Å². The van der Waals surface area contributed by atoms with E-state index in [-0.39, 0.29) is 12.3 Å². The number of ether oxygens (including phenoxy) is 1. The lowest BCUT2D eigenvalue weighted by Crippen LogP contribution is -2.15. The highest BCUT2D eigenvalue weighted by Crippen LogP contribution is 2.39. The fraction of sp³-hybridized carbons (Fsp3) is 0.562. The zero-order valence-electron chi connectivity index (χ0n) is 11.8. The predicted octanol–water partition coefficient (Wildman–Crippen LogP) is 3.13. The van der Waals surface area contributed by atoms with Crippen molar-refractivity contribution in [3.8, 4) is 5.75 Å². The Morgan fingerprint density at radius 3 is 2.58 bits per heavy atom. The van der Waals surface area contributed by atoms with Crippen LogP contribution in [-0.2, 0) is 0 Å². The number of nitrogens with two attached hydrogens (primary N) is 1. The van der Waals surface area contributed by atoms with Crippen molar-refractivity contribution < 1.29 is 9.53 Å². The molecule has 0 aromatic heterocycles. The monoisotopic (exact) mass is 261 g/mol. The topological polar surface area (TPSA) is 52.3 Å². The summed E-state index contributed by atoms with van der Waals surface area (Å²) in [6.45, 7) is 2.37. The average Bonchev–Trinajstić information content (AvgIpc) is 2.46. The summed E-state index contributed by atoms with van der Waals surface area (Å²) in [5.74, 6) is 2.22. The van der Waals surface area contributed by atoms with Crippen LogP contribution < -0.4 is 10.5 Å². The Morgan fingerprint density at radius 2 is 2.00 bits per heavy atom. The molecule has 0 bridgehead atoms. The molecule has 104 valence electrons. The highest BCUT2D eigenvalue weighted by molar-refractivity contribution is 5.97. The van der Waals surface area contributed by atoms with Gasteiger partial charge in [0.25, 0.3) is 0 Å². The van der Waals surface area contributed by atoms with Gasteiger partial charge < -0.3 is 10.5 Å². The minimum absolute atomic E-state index is 0.00641. The van der Waals surface area contributed by atoms with Crippen LogP contribution in [-0.4, -0.2) is 19.4 Å². The summed E-state index contributed by atoms with van der Waals surface area (Å²) in [7, 11) is 1.69. The van der Waals surface area contributed by atoms with Crippen molar-refractivity contribution >= 4 is 5.78 Å². The van der Waals surface area contributed by atoms with Gasteiger partial charge >= 0.3 is 0 Å². The first kappa shape index (κ1) is 14.1. The molecule has 0 saturated heterocycles. The number of carbonyl (C=O) groups excluding carboxylic acids is 1. The molecule has 0 atom stereocenters. The second-order valence-corrected chi connectivity index (χ2v) is 5.54. The summed E-state index contributed by atoms with van der Waals surface area (Å²) >= 11 is 0. The van der Waals surface area contributed by atoms with Gasteiger partial charge in [0, 0.05) is 5.56 Å². The molecule has 0 radical (unpaired) electrons. The van der Waals surface area contributed by atoms with E-state index in [1.54, 1.807) is 7.11 Å². The second kappa shape index (κ2) is 6.20. The van der Waals surface area contributed by atoms with E-state index in [0.29, 0.717) is 11.5 Å². The number of methoxy groups -OCH3 is 1. The molecule has 1 aromatic rings. The van der Waals surface area contributed by atoms with Crippen molar-refractivity contribution in [3.05, 3.63) is 29.3 Å². The largest absolute Gasteiger partial charge is 0.496 e. The molecule has 1 saturated carbocycles. The lowest BCUT2D eigenvalue weighted by Gasteiger charge is -2.27. The van der Waals surface area contributed by atoms with Crippen LogP contribution >= 0.6 is 0 Å². The number of ketones is 1. The van der Waals surface area contributed by atoms with Crippen molar-refractivity contribution in [2.24, 2.45) is 11.7 Å². The first-order chi connectivity index (χ1) is 9.15. The molecular weight excluding hydrogens is 238 g/mol. The van der Waals surface area contributed by atoms with Crippen LogP contribution in [0, 0.1) is 5.92 Å². The van der Waals surface area contributed by atoms with Crippen LogP contribution in [0.1, 0.15) is 54.4 Å². The van der Waals surface area contributed by atoms with Gasteiger partial charge in [-0.2, -0.15) is 0 Å². The lowest BCUT2D eigenvalue weighted by molar-refractivity contribution is 0.100. The van der Waals surface area contributed by atoms with Crippen LogP contribution in [0.2, 0.25) is 0 Å². The highest BCUT2D eigenvalue weighted by Gasteiger charge is 2.23. The molecule has 2 rings (SSSR count). The molecule has 1 aliphatic rings. The number of hydrogen-bond donors (Lipinski definition) is 1. The molecule has 1 aliphatic carbocycles. The maximum absolute atomic E-state index is 11.7. The summed E-state index contributed by atoms with van der Waals surface area (Å²) in [5, 5.41) is 0. The second-order valence-electron chi connectivity index (χ2n) is 5.54. The average molecular weight is 261 g/mol. The van der Waals surface area contributed by atoms with Crippen LogP contribution in [0.15, 0.2) is 18.2 Å². The Hall–Kier alpha value is -1.35. The third-order valence-corrected chi connectivity index (χ3v) is 4.19. The Kier molecular flexibility index (Phi) is 4.59. The molecule has 19 heavy (non-hydrogen) atoms. The molecule has 0 heterocycles. The maximum Gasteiger partial charge on any atom is 0.176 e. The fourth-order valence-electron chi connectivity index (χ4n) is 2.92. The Morgan fingerprint density at radius 1 is 1.32 bits per heavy atom. The summed E-state index contributed by atoms with van der Waals surface area (Å²) < 4.78 is 5.45. The third kappa shape index (κ3) is 3.16. The quantitative estimate of drug-likeness (QED) is 0.847. The maximum atomic E-state index is 11.7. The fourth-order valence-corrected chi connectivity index (χ4v) is 2.92. The van der Waals surface area contributed by atoms with Gasteiger partial charge in [-0.05, 0) is 48.4 Å². The molecule has 0 aliphatic heterocycles. The Labute approximate surface area is 115 Å². The van der Waals surface area contributed by atoms with Crippen molar-refractivity contribution in [1.82, 2.24) is 0 Å². The third-order valence-electron chi connectivity index (χ3n) is 4.19. The standard InChI is InChI=1S/C16H23NO2/c1-11-3-5-12(6-4-11)14-9-13(15(18)10-17)7-8-16(14)19-2/h7-9,11-12H,3-6,10,17H2,1-2H3. The van der Waals surface area contributed by atoms with Gasteiger partial charge in [-0.3, -0.25) is 4.79 Å². The van der Waals surface area contributed by atoms with Crippen molar-refractivity contribution in [2.45, 2.75) is 38.5 Å². The van der Waals surface area contributed by atoms with E-state index in [1.165, 1.54) is 31.2 Å². The highest BCUT2D eigenvalue weighted by atomic mass is 16.5. The van der Waals surface area contributed by atoms with Crippen molar-refractivity contribution in [1.29, 1.82) is 0 Å². The molecule has 0 amide bonds. The van der Waals surface area contributed by atoms with Crippen LogP contribution in [0.25, 0.3) is 0 Å². The molecular formula is C16H23NO2. The van der Waals surface area contributed by atoms with E-state index in [2.05, 4.69) is 6.92 Å². The van der Waals surface area contributed by atoms with Gasteiger partial charge in [0.2, 0.25) is 0 Å². The summed E-state index contributed by atoms with van der Waals surface area (Å²) in [6.07, 6.45) is 4.86. The zero-order valence-corrected chi connectivity index (χ0v) is 11.8. The van der Waals surface area contributed by atoms with Crippen molar-refractivity contribution in [2.75, 3.05) is 13.7 Å². The smallest absolute Gasteiger partial charge is 0.176 e. The number of hydrogen-bond acceptors (Lipinski definition) is 3. The first-order valence-corrected chi connectivity index (χ1v) is 7.07. The van der Waals surface area contributed by atoms with E-state index in [4.69, 9.17) is 10.5 Å². The van der Waals surface area contributed by atoms with Crippen molar-refractivity contribution in [3.63, 3.8) is 0 Å². The number of rotatable bonds is 4. The summed E-state index contributed by atoms with van der Waals surface area (Å²) in [4.78, 5) is 11.7. The SMILES string of the molecule is COc1ccc(C(=O)CN)cc1C1CCC(C)CC1. The summed E-state index contributed by atoms with van der Waals surface area (Å²) in [5.41, 5.74) is 7.32. The minimum Gasteiger partial charge on any atom is -0.496 e. The van der Waals surface area contributed by atoms with Gasteiger partial charge in [0.1, 0.15) is 5.75 Å². The van der Waals surface area contributed by atoms with E-state index < -0.39 is 0 Å². The van der Waals surface area contributed by atoms with Crippen LogP contribution in [0.4, 0.5) is 0 Å². The molecule has 3 heteroatoms. The molecule has 3 nitrogen and oxygen atoms in total. The zero-order chi connectivity index (χ0) is 13.8. The van der Waals surface area contributed by atoms with Gasteiger partial charge in [0.15, 0.2) is 5.78 Å². The van der Waals surface area contributed by atoms with E-state index in [9.17, 15) is 4.79 Å². The Balaban J connectivity index is 2.28. The lowest BCUT2D eigenvalue weighted by atomic mass is 9.79. The first-order valence-electron chi connectivity index (χ1n) is 7.07. The predicted molar refractivity (Wildman–Crippen MR) is 76.8 cm³/mol. The van der Waals surface area contributed by atoms with E-state index in [0.717, 1.165) is 11.7 Å². The van der Waals surface area contributed by atoms with Gasteiger partial charge in [-0.25, -0.2) is 0 Å².